The highest BCUT2D eigenvalue weighted by Gasteiger charge is 2.23. The first-order valence-electron chi connectivity index (χ1n) is 9.25. The molecule has 0 saturated carbocycles. The monoisotopic (exact) mass is 355 g/mol. The largest absolute Gasteiger partial charge is 0.466 e. The average molecular weight is 355 g/mol. The smallest absolute Gasteiger partial charge is 0.232 e. The van der Waals surface area contributed by atoms with E-state index < -0.39 is 0 Å². The van der Waals surface area contributed by atoms with Crippen LogP contribution in [0.15, 0.2) is 47.0 Å². The highest BCUT2D eigenvalue weighted by atomic mass is 16.3. The number of hydrogen-bond acceptors (Lipinski definition) is 1. The Hall–Kier alpha value is -3.12. The van der Waals surface area contributed by atoms with Crippen molar-refractivity contribution in [3.8, 4) is 11.3 Å². The van der Waals surface area contributed by atoms with E-state index in [1.165, 1.54) is 0 Å². The number of hydrogen-bond donors (Lipinski definition) is 0. The van der Waals surface area contributed by atoms with Crippen LogP contribution in [0.5, 0.6) is 0 Å². The zero-order valence-corrected chi connectivity index (χ0v) is 16.4. The van der Waals surface area contributed by atoms with Gasteiger partial charge in [0.1, 0.15) is 18.2 Å². The molecular weight excluding hydrogens is 332 g/mol. The quantitative estimate of drug-likeness (QED) is 0.302. The topological polar surface area (TPSA) is 21.4 Å². The van der Waals surface area contributed by atoms with Crippen LogP contribution in [0.2, 0.25) is 0 Å². The minimum atomic E-state index is 0.276. The fourth-order valence-electron chi connectivity index (χ4n) is 3.98. The van der Waals surface area contributed by atoms with Gasteiger partial charge in [0.15, 0.2) is 6.20 Å². The van der Waals surface area contributed by atoms with Crippen LogP contribution < -0.4 is 4.57 Å². The Morgan fingerprint density at radius 2 is 1.81 bits per heavy atom. The summed E-state index contributed by atoms with van der Waals surface area (Å²) in [6, 6.07) is 12.6. The molecule has 0 aliphatic heterocycles. The summed E-state index contributed by atoms with van der Waals surface area (Å²) < 4.78 is 8.55. The third-order valence-corrected chi connectivity index (χ3v) is 5.37. The maximum Gasteiger partial charge on any atom is 0.232 e. The second kappa shape index (κ2) is 6.25. The molecular formula is C24H23N2O+. The summed E-state index contributed by atoms with van der Waals surface area (Å²) >= 11 is 0. The standard InChI is InChI=1S/C24H23N2O/c1-14(2)18-13-16(4)20-17-11-10-15(3)21(19-9-7-8-12-26(19)6)23(17)27-24(20)22(18)25-5/h7-14H,1-4,6H3/q+1. The van der Waals surface area contributed by atoms with Crippen molar-refractivity contribution in [3.05, 3.63) is 70.7 Å². The maximum atomic E-state index is 7.76. The van der Waals surface area contributed by atoms with Crippen molar-refractivity contribution in [3.63, 3.8) is 0 Å². The molecule has 0 fully saturated rings. The zero-order valence-electron chi connectivity index (χ0n) is 16.4. The van der Waals surface area contributed by atoms with Gasteiger partial charge in [-0.2, -0.15) is 0 Å². The van der Waals surface area contributed by atoms with Crippen LogP contribution in [0.4, 0.5) is 5.69 Å². The lowest BCUT2D eigenvalue weighted by Crippen LogP contribution is -2.30. The second-order valence-corrected chi connectivity index (χ2v) is 7.53. The average Bonchev–Trinajstić information content (AvgIpc) is 3.02. The summed E-state index contributed by atoms with van der Waals surface area (Å²) in [7, 11) is 2.04. The Labute approximate surface area is 159 Å². The van der Waals surface area contributed by atoms with Crippen molar-refractivity contribution in [2.45, 2.75) is 33.6 Å². The van der Waals surface area contributed by atoms with Gasteiger partial charge in [-0.05, 0) is 42.5 Å². The predicted molar refractivity (Wildman–Crippen MR) is 110 cm³/mol. The van der Waals surface area contributed by atoms with Crippen LogP contribution in [0.25, 0.3) is 38.0 Å². The van der Waals surface area contributed by atoms with E-state index in [0.29, 0.717) is 11.3 Å². The number of furan rings is 1. The number of aryl methyl sites for hydroxylation is 3. The van der Waals surface area contributed by atoms with E-state index in [0.717, 1.165) is 44.3 Å². The molecule has 4 aromatic rings. The third-order valence-electron chi connectivity index (χ3n) is 5.37. The Balaban J connectivity index is 2.21. The molecule has 0 unspecified atom stereocenters. The Bertz CT molecular complexity index is 1240. The minimum Gasteiger partial charge on any atom is -0.466 e. The van der Waals surface area contributed by atoms with E-state index in [2.05, 4.69) is 61.4 Å². The number of pyridine rings is 1. The molecule has 4 rings (SSSR count). The molecule has 0 spiro atoms. The summed E-state index contributed by atoms with van der Waals surface area (Å²) in [6.07, 6.45) is 2.04. The van der Waals surface area contributed by atoms with E-state index in [1.807, 2.05) is 25.4 Å². The molecule has 3 heteroatoms. The number of rotatable bonds is 2. The first-order chi connectivity index (χ1) is 12.9. The maximum absolute atomic E-state index is 7.76. The van der Waals surface area contributed by atoms with Crippen molar-refractivity contribution < 1.29 is 8.98 Å². The van der Waals surface area contributed by atoms with Gasteiger partial charge in [0.25, 0.3) is 0 Å². The van der Waals surface area contributed by atoms with Gasteiger partial charge in [-0.3, -0.25) is 0 Å². The van der Waals surface area contributed by atoms with Crippen molar-refractivity contribution in [2.24, 2.45) is 7.05 Å². The minimum absolute atomic E-state index is 0.276. The van der Waals surface area contributed by atoms with Crippen LogP contribution in [0.1, 0.15) is 36.5 Å². The molecule has 0 amide bonds. The fraction of sp³-hybridized carbons (Fsp3) is 0.250. The van der Waals surface area contributed by atoms with Gasteiger partial charge in [0.2, 0.25) is 11.4 Å². The van der Waals surface area contributed by atoms with Crippen LogP contribution in [0.3, 0.4) is 0 Å². The second-order valence-electron chi connectivity index (χ2n) is 7.53. The molecule has 3 nitrogen and oxygen atoms in total. The lowest BCUT2D eigenvalue weighted by Gasteiger charge is -2.10. The summed E-state index contributed by atoms with van der Waals surface area (Å²) in [4.78, 5) is 3.85. The summed E-state index contributed by atoms with van der Waals surface area (Å²) in [5.41, 5.74) is 7.79. The highest BCUT2D eigenvalue weighted by molar-refractivity contribution is 6.14. The van der Waals surface area contributed by atoms with Gasteiger partial charge >= 0.3 is 0 Å². The Kier molecular flexibility index (Phi) is 4.00. The third kappa shape index (κ3) is 2.52. The predicted octanol–water partition coefficient (Wildman–Crippen LogP) is 6.37. The number of aromatic nitrogens is 1. The Morgan fingerprint density at radius 3 is 2.48 bits per heavy atom. The highest BCUT2D eigenvalue weighted by Crippen LogP contribution is 2.44. The first kappa shape index (κ1) is 17.3. The van der Waals surface area contributed by atoms with Crippen molar-refractivity contribution in [2.75, 3.05) is 0 Å². The van der Waals surface area contributed by atoms with Gasteiger partial charge in [-0.1, -0.05) is 32.0 Å². The lowest BCUT2D eigenvalue weighted by molar-refractivity contribution is -0.660. The summed E-state index contributed by atoms with van der Waals surface area (Å²) in [5.74, 6) is 0.276. The SMILES string of the molecule is [C-]#[N+]c1c(C(C)C)cc(C)c2c1oc1c(-c3cccc[n+]3C)c(C)ccc12. The van der Waals surface area contributed by atoms with E-state index >= 15 is 0 Å². The molecule has 0 bridgehead atoms. The van der Waals surface area contributed by atoms with E-state index in [-0.39, 0.29) is 5.92 Å². The molecule has 0 aliphatic carbocycles. The van der Waals surface area contributed by atoms with Crippen molar-refractivity contribution in [1.82, 2.24) is 0 Å². The molecule has 134 valence electrons. The molecule has 0 atom stereocenters. The summed E-state index contributed by atoms with van der Waals surface area (Å²) in [5, 5.41) is 2.13. The van der Waals surface area contributed by atoms with Crippen LogP contribution in [-0.4, -0.2) is 0 Å². The van der Waals surface area contributed by atoms with Gasteiger partial charge in [0.05, 0.1) is 12.1 Å². The molecule has 0 aliphatic rings. The van der Waals surface area contributed by atoms with Crippen LogP contribution in [-0.2, 0) is 7.05 Å². The first-order valence-corrected chi connectivity index (χ1v) is 9.25. The molecule has 0 radical (unpaired) electrons. The normalized spacial score (nSPS) is 11.4. The van der Waals surface area contributed by atoms with Gasteiger partial charge in [-0.15, -0.1) is 0 Å². The van der Waals surface area contributed by atoms with Gasteiger partial charge in [0, 0.05) is 22.9 Å². The molecule has 0 saturated heterocycles. The summed E-state index contributed by atoms with van der Waals surface area (Å²) in [6.45, 7) is 16.2. The molecule has 2 aromatic carbocycles. The lowest BCUT2D eigenvalue weighted by atomic mass is 9.94. The molecule has 0 N–H and O–H groups in total. The molecule has 2 heterocycles. The van der Waals surface area contributed by atoms with Crippen molar-refractivity contribution in [1.29, 1.82) is 0 Å². The van der Waals surface area contributed by atoms with E-state index in [4.69, 9.17) is 11.0 Å². The van der Waals surface area contributed by atoms with Crippen LogP contribution >= 0.6 is 0 Å². The number of nitrogens with zero attached hydrogens (tertiary/aromatic N) is 2. The van der Waals surface area contributed by atoms with Gasteiger partial charge < -0.3 is 4.42 Å². The van der Waals surface area contributed by atoms with E-state index in [9.17, 15) is 0 Å². The fourth-order valence-corrected chi connectivity index (χ4v) is 3.98. The number of fused-ring (bicyclic) bond motifs is 3. The molecule has 2 aromatic heterocycles. The van der Waals surface area contributed by atoms with Gasteiger partial charge in [-0.25, -0.2) is 9.41 Å². The number of benzene rings is 2. The Morgan fingerprint density at radius 1 is 1.04 bits per heavy atom. The zero-order chi connectivity index (χ0) is 19.3. The molecule has 27 heavy (non-hydrogen) atoms. The van der Waals surface area contributed by atoms with E-state index in [1.54, 1.807) is 0 Å². The van der Waals surface area contributed by atoms with Crippen LogP contribution in [0, 0.1) is 20.4 Å². The van der Waals surface area contributed by atoms with Crippen molar-refractivity contribution >= 4 is 27.6 Å².